The molecule has 0 saturated heterocycles. The summed E-state index contributed by atoms with van der Waals surface area (Å²) in [5.74, 6) is -0.989. The number of carbonyl (C=O) groups is 2. The van der Waals surface area contributed by atoms with Crippen LogP contribution >= 0.6 is 0 Å². The molecule has 0 aliphatic rings. The summed E-state index contributed by atoms with van der Waals surface area (Å²) in [7, 11) is 0. The highest BCUT2D eigenvalue weighted by atomic mass is 16.4. The number of nitrogens with zero attached hydrogens (tertiary/aromatic N) is 1. The lowest BCUT2D eigenvalue weighted by Crippen LogP contribution is -2.42. The number of aryl methyl sites for hydroxylation is 1. The second-order valence-electron chi connectivity index (χ2n) is 6.53. The fourth-order valence-corrected chi connectivity index (χ4v) is 2.77. The number of aliphatic carboxylic acids is 1. The molecule has 0 aliphatic carbocycles. The van der Waals surface area contributed by atoms with Gasteiger partial charge in [0.25, 0.3) is 0 Å². The lowest BCUT2D eigenvalue weighted by molar-refractivity contribution is -0.142. The second-order valence-corrected chi connectivity index (χ2v) is 6.53. The fourth-order valence-electron chi connectivity index (χ4n) is 2.77. The van der Waals surface area contributed by atoms with Crippen LogP contribution in [-0.4, -0.2) is 41.0 Å². The van der Waals surface area contributed by atoms with Crippen LogP contribution in [0.4, 0.5) is 0 Å². The van der Waals surface area contributed by atoms with Crippen molar-refractivity contribution in [3.63, 3.8) is 0 Å². The van der Waals surface area contributed by atoms with Crippen molar-refractivity contribution in [3.8, 4) is 11.1 Å². The maximum atomic E-state index is 11.4. The molecule has 2 aromatic carbocycles. The Hall–Kier alpha value is -2.66. The first-order chi connectivity index (χ1) is 12.4. The van der Waals surface area contributed by atoms with Gasteiger partial charge < -0.3 is 10.4 Å². The van der Waals surface area contributed by atoms with E-state index in [1.807, 2.05) is 17.0 Å². The van der Waals surface area contributed by atoms with Gasteiger partial charge in [-0.25, -0.2) is 0 Å². The Morgan fingerprint density at radius 2 is 1.81 bits per heavy atom. The van der Waals surface area contributed by atoms with Gasteiger partial charge in [0, 0.05) is 26.6 Å². The third-order valence-electron chi connectivity index (χ3n) is 4.38. The topological polar surface area (TPSA) is 69.6 Å². The molecule has 0 bridgehead atoms. The van der Waals surface area contributed by atoms with E-state index >= 15 is 0 Å². The molecule has 0 heterocycles. The summed E-state index contributed by atoms with van der Waals surface area (Å²) in [4.78, 5) is 24.3. The largest absolute Gasteiger partial charge is 0.480 e. The zero-order valence-corrected chi connectivity index (χ0v) is 15.5. The Morgan fingerprint density at radius 3 is 2.42 bits per heavy atom. The SMILES string of the molecule is CC(=O)NCCN(Cc1cccc(-c2ccc(C)cc2)c1)C(C)C(=O)O. The highest BCUT2D eigenvalue weighted by Crippen LogP contribution is 2.22. The normalized spacial score (nSPS) is 12.0. The zero-order valence-electron chi connectivity index (χ0n) is 15.5. The van der Waals surface area contributed by atoms with E-state index in [9.17, 15) is 14.7 Å². The number of carboxylic acid groups (broad SMARTS) is 1. The number of carboxylic acids is 1. The predicted molar refractivity (Wildman–Crippen MR) is 103 cm³/mol. The molecule has 1 amide bonds. The minimum Gasteiger partial charge on any atom is -0.480 e. The van der Waals surface area contributed by atoms with E-state index in [0.29, 0.717) is 19.6 Å². The molecular formula is C21H26N2O3. The van der Waals surface area contributed by atoms with E-state index in [0.717, 1.165) is 16.7 Å². The standard InChI is InChI=1S/C21H26N2O3/c1-15-7-9-19(10-8-15)20-6-4-5-18(13-20)14-23(16(2)21(25)26)12-11-22-17(3)24/h4-10,13,16H,11-12,14H2,1-3H3,(H,22,24)(H,25,26). The lowest BCUT2D eigenvalue weighted by atomic mass is 10.0. The Bertz CT molecular complexity index is 756. The highest BCUT2D eigenvalue weighted by Gasteiger charge is 2.20. The Labute approximate surface area is 154 Å². The first kappa shape index (κ1) is 19.7. The maximum Gasteiger partial charge on any atom is 0.320 e. The van der Waals surface area contributed by atoms with Crippen molar-refractivity contribution in [2.45, 2.75) is 33.4 Å². The molecule has 138 valence electrons. The van der Waals surface area contributed by atoms with Gasteiger partial charge in [0.1, 0.15) is 6.04 Å². The molecular weight excluding hydrogens is 328 g/mol. The zero-order chi connectivity index (χ0) is 19.1. The molecule has 1 atom stereocenters. The van der Waals surface area contributed by atoms with Crippen LogP contribution in [0.5, 0.6) is 0 Å². The van der Waals surface area contributed by atoms with Crippen LogP contribution < -0.4 is 5.32 Å². The quantitative estimate of drug-likeness (QED) is 0.764. The molecule has 2 aromatic rings. The van der Waals surface area contributed by atoms with E-state index in [1.54, 1.807) is 6.92 Å². The summed E-state index contributed by atoms with van der Waals surface area (Å²) in [5, 5.41) is 12.1. The molecule has 0 radical (unpaired) electrons. The number of amides is 1. The molecule has 1 unspecified atom stereocenters. The lowest BCUT2D eigenvalue weighted by Gasteiger charge is -2.26. The first-order valence-corrected chi connectivity index (χ1v) is 8.74. The van der Waals surface area contributed by atoms with E-state index < -0.39 is 12.0 Å². The third kappa shape index (κ3) is 5.70. The van der Waals surface area contributed by atoms with Gasteiger partial charge in [-0.1, -0.05) is 48.0 Å². The van der Waals surface area contributed by atoms with Gasteiger partial charge in [-0.2, -0.15) is 0 Å². The number of rotatable bonds is 8. The van der Waals surface area contributed by atoms with Crippen LogP contribution in [0, 0.1) is 6.92 Å². The van der Waals surface area contributed by atoms with Crippen LogP contribution in [0.25, 0.3) is 11.1 Å². The maximum absolute atomic E-state index is 11.4. The molecule has 5 nitrogen and oxygen atoms in total. The van der Waals surface area contributed by atoms with Crippen LogP contribution in [0.1, 0.15) is 25.0 Å². The molecule has 0 saturated carbocycles. The van der Waals surface area contributed by atoms with E-state index in [-0.39, 0.29) is 5.91 Å². The van der Waals surface area contributed by atoms with Crippen molar-refractivity contribution in [2.24, 2.45) is 0 Å². The Morgan fingerprint density at radius 1 is 1.12 bits per heavy atom. The van der Waals surface area contributed by atoms with Crippen molar-refractivity contribution >= 4 is 11.9 Å². The molecule has 5 heteroatoms. The van der Waals surface area contributed by atoms with Gasteiger partial charge in [0.05, 0.1) is 0 Å². The van der Waals surface area contributed by atoms with Crippen LogP contribution in [-0.2, 0) is 16.1 Å². The molecule has 0 aliphatic heterocycles. The van der Waals surface area contributed by atoms with Crippen molar-refractivity contribution in [3.05, 3.63) is 59.7 Å². The Kier molecular flexibility index (Phi) is 6.92. The fraction of sp³-hybridized carbons (Fsp3) is 0.333. The number of nitrogens with one attached hydrogen (secondary N) is 1. The predicted octanol–water partition coefficient (Wildman–Crippen LogP) is 3.07. The van der Waals surface area contributed by atoms with Gasteiger partial charge in [0.15, 0.2) is 0 Å². The van der Waals surface area contributed by atoms with Gasteiger partial charge in [-0.3, -0.25) is 14.5 Å². The second kappa shape index (κ2) is 9.15. The number of hydrogen-bond acceptors (Lipinski definition) is 3. The molecule has 0 aromatic heterocycles. The summed E-state index contributed by atoms with van der Waals surface area (Å²) < 4.78 is 0. The van der Waals surface area contributed by atoms with Crippen molar-refractivity contribution < 1.29 is 14.7 Å². The molecule has 0 fully saturated rings. The van der Waals surface area contributed by atoms with Gasteiger partial charge in [-0.15, -0.1) is 0 Å². The van der Waals surface area contributed by atoms with E-state index in [2.05, 4.69) is 48.6 Å². The summed E-state index contributed by atoms with van der Waals surface area (Å²) in [6.45, 7) is 6.58. The summed E-state index contributed by atoms with van der Waals surface area (Å²) in [5.41, 5.74) is 4.49. The molecule has 26 heavy (non-hydrogen) atoms. The third-order valence-corrected chi connectivity index (χ3v) is 4.38. The number of benzene rings is 2. The first-order valence-electron chi connectivity index (χ1n) is 8.74. The van der Waals surface area contributed by atoms with Crippen molar-refractivity contribution in [1.82, 2.24) is 10.2 Å². The van der Waals surface area contributed by atoms with Crippen LogP contribution in [0.3, 0.4) is 0 Å². The number of carbonyl (C=O) groups excluding carboxylic acids is 1. The summed E-state index contributed by atoms with van der Waals surface area (Å²) in [6.07, 6.45) is 0. The van der Waals surface area contributed by atoms with Gasteiger partial charge in [-0.05, 0) is 36.6 Å². The number of hydrogen-bond donors (Lipinski definition) is 2. The monoisotopic (exact) mass is 354 g/mol. The van der Waals surface area contributed by atoms with Crippen molar-refractivity contribution in [1.29, 1.82) is 0 Å². The Balaban J connectivity index is 2.16. The van der Waals surface area contributed by atoms with Crippen LogP contribution in [0.15, 0.2) is 48.5 Å². The average Bonchev–Trinajstić information content (AvgIpc) is 2.60. The summed E-state index contributed by atoms with van der Waals surface area (Å²) in [6, 6.07) is 15.8. The highest BCUT2D eigenvalue weighted by molar-refractivity contribution is 5.73. The van der Waals surface area contributed by atoms with Gasteiger partial charge in [0.2, 0.25) is 5.91 Å². The van der Waals surface area contributed by atoms with E-state index in [1.165, 1.54) is 12.5 Å². The minimum absolute atomic E-state index is 0.116. The van der Waals surface area contributed by atoms with E-state index in [4.69, 9.17) is 0 Å². The molecule has 2 N–H and O–H groups in total. The minimum atomic E-state index is -0.873. The average molecular weight is 354 g/mol. The van der Waals surface area contributed by atoms with Crippen molar-refractivity contribution in [2.75, 3.05) is 13.1 Å². The molecule has 0 spiro atoms. The summed E-state index contributed by atoms with van der Waals surface area (Å²) >= 11 is 0. The molecule has 2 rings (SSSR count). The van der Waals surface area contributed by atoms with Gasteiger partial charge >= 0.3 is 5.97 Å². The van der Waals surface area contributed by atoms with Crippen LogP contribution in [0.2, 0.25) is 0 Å². The smallest absolute Gasteiger partial charge is 0.320 e.